The molecule has 5 heterocycles. The van der Waals surface area contributed by atoms with E-state index in [1.165, 1.54) is 105 Å². The van der Waals surface area contributed by atoms with Crippen molar-refractivity contribution >= 4 is 128 Å². The number of thiophene rings is 2. The molecule has 12 aromatic carbocycles. The Morgan fingerprint density at radius 3 is 1.00 bits per heavy atom. The first kappa shape index (κ1) is 46.1. The molecule has 0 radical (unpaired) electrons. The van der Waals surface area contributed by atoms with E-state index in [2.05, 4.69) is 181 Å². The Hall–Kier alpha value is -10.1. The van der Waals surface area contributed by atoms with Crippen molar-refractivity contribution in [2.45, 2.75) is 0 Å². The van der Waals surface area contributed by atoms with E-state index in [1.807, 2.05) is 108 Å². The Kier molecular flexibility index (Phi) is 10.9. The van der Waals surface area contributed by atoms with E-state index in [9.17, 15) is 0 Å². The lowest BCUT2D eigenvalue weighted by atomic mass is 9.93. The number of fused-ring (bicyclic) bond motifs is 18. The molecule has 7 heteroatoms. The molecular weight excluding hydrogens is 1010 g/mol. The summed E-state index contributed by atoms with van der Waals surface area (Å²) in [6.45, 7) is 0. The van der Waals surface area contributed by atoms with Crippen molar-refractivity contribution in [3.63, 3.8) is 0 Å². The third-order valence-electron chi connectivity index (χ3n) is 15.6. The summed E-state index contributed by atoms with van der Waals surface area (Å²) in [7, 11) is 0. The van der Waals surface area contributed by atoms with Crippen LogP contribution in [0.2, 0.25) is 0 Å². The van der Waals surface area contributed by atoms with Crippen LogP contribution in [0.15, 0.2) is 261 Å². The van der Waals surface area contributed by atoms with E-state index in [0.29, 0.717) is 17.5 Å². The minimum absolute atomic E-state index is 0.670. The van der Waals surface area contributed by atoms with Gasteiger partial charge in [0.2, 0.25) is 0 Å². The quantitative estimate of drug-likeness (QED) is 0.161. The first-order valence-electron chi connectivity index (χ1n) is 26.8. The van der Waals surface area contributed by atoms with Gasteiger partial charge in [-0.15, -0.1) is 22.7 Å². The fraction of sp³-hybridized carbons (Fsp3) is 0. The van der Waals surface area contributed by atoms with Crippen LogP contribution in [-0.2, 0) is 0 Å². The average Bonchev–Trinajstić information content (AvgIpc) is 4.10. The van der Waals surface area contributed by atoms with Gasteiger partial charge in [0.25, 0.3) is 0 Å². The number of aromatic nitrogens is 5. The van der Waals surface area contributed by atoms with Gasteiger partial charge in [-0.3, -0.25) is 4.98 Å². The van der Waals surface area contributed by atoms with Gasteiger partial charge in [-0.25, -0.2) is 19.9 Å². The van der Waals surface area contributed by atoms with Gasteiger partial charge < -0.3 is 0 Å². The highest BCUT2D eigenvalue weighted by Crippen LogP contribution is 2.45. The average molecular weight is 1050 g/mol. The molecule has 17 rings (SSSR count). The van der Waals surface area contributed by atoms with Crippen LogP contribution in [0.1, 0.15) is 0 Å². The van der Waals surface area contributed by atoms with Gasteiger partial charge in [0.05, 0.1) is 11.4 Å². The molecule has 0 aliphatic rings. The van der Waals surface area contributed by atoms with Crippen molar-refractivity contribution in [3.8, 4) is 56.7 Å². The molecule has 0 saturated heterocycles. The highest BCUT2D eigenvalue weighted by atomic mass is 32.1. The summed E-state index contributed by atoms with van der Waals surface area (Å²) in [5.41, 5.74) is 7.06. The van der Waals surface area contributed by atoms with E-state index < -0.39 is 0 Å². The largest absolute Gasteiger partial charge is 0.265 e. The van der Waals surface area contributed by atoms with Crippen LogP contribution in [0.25, 0.3) is 162 Å². The van der Waals surface area contributed by atoms with Gasteiger partial charge in [0.1, 0.15) is 0 Å². The van der Waals surface area contributed by atoms with Crippen molar-refractivity contribution in [1.29, 1.82) is 0 Å². The molecule has 0 atom stereocenters. The maximum absolute atomic E-state index is 4.99. The normalized spacial score (nSPS) is 11.8. The zero-order valence-corrected chi connectivity index (χ0v) is 44.5. The molecule has 5 nitrogen and oxygen atoms in total. The van der Waals surface area contributed by atoms with Crippen LogP contribution in [-0.4, -0.2) is 24.9 Å². The zero-order chi connectivity index (χ0) is 52.7. The van der Waals surface area contributed by atoms with E-state index in [1.54, 1.807) is 0 Å². The minimum atomic E-state index is 0.670. The molecule has 0 N–H and O–H groups in total. The third kappa shape index (κ3) is 7.77. The molecule has 372 valence electrons. The molecular formula is C73H43N5S2. The molecule has 0 aliphatic carbocycles. The van der Waals surface area contributed by atoms with Crippen molar-refractivity contribution < 1.29 is 0 Å². The first-order valence-corrected chi connectivity index (χ1v) is 28.4. The Morgan fingerprint density at radius 2 is 0.550 bits per heavy atom. The van der Waals surface area contributed by atoms with Crippen molar-refractivity contribution in [3.05, 3.63) is 261 Å². The molecule has 0 fully saturated rings. The lowest BCUT2D eigenvalue weighted by Crippen LogP contribution is -2.00. The Morgan fingerprint density at radius 1 is 0.200 bits per heavy atom. The molecule has 0 amide bonds. The maximum atomic E-state index is 4.99. The van der Waals surface area contributed by atoms with Gasteiger partial charge in [-0.2, -0.15) is 0 Å². The number of rotatable bonds is 5. The van der Waals surface area contributed by atoms with Crippen LogP contribution >= 0.6 is 22.7 Å². The van der Waals surface area contributed by atoms with E-state index in [0.717, 1.165) is 39.2 Å². The molecule has 0 bridgehead atoms. The topological polar surface area (TPSA) is 64.5 Å². The summed E-state index contributed by atoms with van der Waals surface area (Å²) >= 11 is 3.71. The number of benzene rings is 12. The molecule has 80 heavy (non-hydrogen) atoms. The van der Waals surface area contributed by atoms with Crippen molar-refractivity contribution in [2.24, 2.45) is 0 Å². The van der Waals surface area contributed by atoms with Gasteiger partial charge in [-0.1, -0.05) is 170 Å². The van der Waals surface area contributed by atoms with Crippen LogP contribution in [0, 0.1) is 0 Å². The van der Waals surface area contributed by atoms with Crippen molar-refractivity contribution in [2.75, 3.05) is 0 Å². The van der Waals surface area contributed by atoms with Gasteiger partial charge >= 0.3 is 0 Å². The molecule has 0 saturated carbocycles. The predicted molar refractivity (Wildman–Crippen MR) is 340 cm³/mol. The summed E-state index contributed by atoms with van der Waals surface area (Å²) in [5.74, 6) is 2.01. The minimum Gasteiger partial charge on any atom is -0.265 e. The van der Waals surface area contributed by atoms with Crippen LogP contribution in [0.4, 0.5) is 0 Å². The Bertz CT molecular complexity index is 5250. The third-order valence-corrected chi connectivity index (χ3v) is 17.9. The maximum Gasteiger partial charge on any atom is 0.164 e. The number of pyridine rings is 2. The zero-order valence-electron chi connectivity index (χ0n) is 42.9. The SMILES string of the molecule is c1cc(-c2ccncc2)nc(-c2ccc3sc4cc5c6ccccc6c6ccccc6c5cc4c3c2)c1.c1ccc(-c2nc(-c3ccccc3)nc(-c3ccc4sc5cc6c7ccccc7c7ccccc7c6cc5c4c3)n2)cc1. The summed E-state index contributed by atoms with van der Waals surface area (Å²) < 4.78 is 5.15. The Labute approximate surface area is 467 Å². The lowest BCUT2D eigenvalue weighted by molar-refractivity contribution is 1.07. The number of hydrogen-bond acceptors (Lipinski definition) is 7. The fourth-order valence-corrected chi connectivity index (χ4v) is 14.1. The van der Waals surface area contributed by atoms with E-state index >= 15 is 0 Å². The number of nitrogens with zero attached hydrogens (tertiary/aromatic N) is 5. The van der Waals surface area contributed by atoms with Gasteiger partial charge in [0, 0.05) is 80.6 Å². The lowest BCUT2D eigenvalue weighted by Gasteiger charge is -2.10. The summed E-state index contributed by atoms with van der Waals surface area (Å²) in [6, 6.07) is 88.5. The first-order chi connectivity index (χ1) is 39.6. The monoisotopic (exact) mass is 1050 g/mol. The standard InChI is InChI=1S/C39H23N3S.C34H20N2S/c1-3-11-24(12-4-1)37-40-38(25-13-5-2-6-14-25)42-39(41-37)26-19-20-35-33(21-26)34-22-31-29-17-9-7-15-27(29)28-16-8-10-18-30(28)32(31)23-36(34)43-35;1-3-8-25-23(6-1)24-7-2-4-9-26(24)28-20-34-30(19-27(25)28)29-18-22(12-13-33(29)37-34)32-11-5-10-31(36-32)21-14-16-35-17-15-21/h1-23H;1-20H. The summed E-state index contributed by atoms with van der Waals surface area (Å²) in [4.78, 5) is 23.9. The predicted octanol–water partition coefficient (Wildman–Crippen LogP) is 20.3. The van der Waals surface area contributed by atoms with E-state index in [-0.39, 0.29) is 0 Å². The van der Waals surface area contributed by atoms with Crippen molar-refractivity contribution in [1.82, 2.24) is 24.9 Å². The van der Waals surface area contributed by atoms with Crippen LogP contribution in [0.5, 0.6) is 0 Å². The number of hydrogen-bond donors (Lipinski definition) is 0. The molecule has 5 aromatic heterocycles. The van der Waals surface area contributed by atoms with E-state index in [4.69, 9.17) is 19.9 Å². The fourth-order valence-electron chi connectivity index (χ4n) is 11.9. The molecule has 0 unspecified atom stereocenters. The molecule has 0 aliphatic heterocycles. The second kappa shape index (κ2) is 18.9. The highest BCUT2D eigenvalue weighted by Gasteiger charge is 2.18. The summed E-state index contributed by atoms with van der Waals surface area (Å²) in [5, 5.41) is 20.7. The van der Waals surface area contributed by atoms with Gasteiger partial charge in [-0.05, 0) is 143 Å². The second-order valence-electron chi connectivity index (χ2n) is 20.3. The van der Waals surface area contributed by atoms with Crippen LogP contribution in [0.3, 0.4) is 0 Å². The summed E-state index contributed by atoms with van der Waals surface area (Å²) in [6.07, 6.45) is 3.62. The highest BCUT2D eigenvalue weighted by molar-refractivity contribution is 7.26. The van der Waals surface area contributed by atoms with Crippen LogP contribution < -0.4 is 0 Å². The Balaban J connectivity index is 0.000000134. The van der Waals surface area contributed by atoms with Gasteiger partial charge in [0.15, 0.2) is 17.5 Å². The second-order valence-corrected chi connectivity index (χ2v) is 22.4. The molecule has 17 aromatic rings. The molecule has 0 spiro atoms. The smallest absolute Gasteiger partial charge is 0.164 e.